The molecule has 0 unspecified atom stereocenters. The fraction of sp³-hybridized carbons (Fsp3) is 0.618. The number of carbonyl (C=O) groups excluding carboxylic acids is 4. The minimum absolute atomic E-state index is 0.0623. The lowest BCUT2D eigenvalue weighted by atomic mass is 9.90. The van der Waals surface area contributed by atoms with Crippen LogP contribution in [0.25, 0.3) is 0 Å². The van der Waals surface area contributed by atoms with Gasteiger partial charge in [-0.2, -0.15) is 5.06 Å². The zero-order valence-corrected chi connectivity index (χ0v) is 47.2. The molecule has 81 heavy (non-hydrogen) atoms. The number of nitrogens with one attached hydrogen (secondary N) is 5. The van der Waals surface area contributed by atoms with Crippen LogP contribution in [-0.4, -0.2) is 211 Å². The first-order valence-electron chi connectivity index (χ1n) is 27.8. The number of aliphatic carboxylic acids is 4. The standard InChI is InChI=1S/C55H85N9O16S/c1-2-61-26-27-62(32-33-80-79)28-30-63(38-65)43(37-64(78)31-29-61)35-40-17-19-42(20-18-40)57-49(81)16-9-4-3-8-15-48(67)58-44(21-23-50(68)69)47(66)36-41(34-39-12-6-5-7-13-39)52(72)56-25-11-10-14-45(53(73)74)59-55(77)60-46(54(75)76)22-24-51(70)71/h5-7,12-13,17-20,41,43-46,65,78-79H,2-4,8-11,14-16,21-38H2,1H3,(H,56,72)(H,57,81)(H,58,67)(H,68,69)(H,70,71)(H,73,74)(H,75,76)(H2,59,60,77)/t41-,43+,44+,45+,46+/m1/s1. The summed E-state index contributed by atoms with van der Waals surface area (Å²) in [5, 5.41) is 81.9. The molecular formula is C55H85N9O16S. The Morgan fingerprint density at radius 2 is 1.28 bits per heavy atom. The van der Waals surface area contributed by atoms with Crippen LogP contribution in [0.1, 0.15) is 108 Å². The van der Waals surface area contributed by atoms with E-state index in [0.29, 0.717) is 69.9 Å². The number of Topliss-reactive ketones (excluding diaryl/α,β-unsaturated/α-hetero) is 1. The van der Waals surface area contributed by atoms with Crippen LogP contribution in [0, 0.1) is 5.92 Å². The van der Waals surface area contributed by atoms with Gasteiger partial charge in [0.2, 0.25) is 11.8 Å². The highest BCUT2D eigenvalue weighted by atomic mass is 32.1. The fourth-order valence-electron chi connectivity index (χ4n) is 9.26. The van der Waals surface area contributed by atoms with E-state index in [-0.39, 0.29) is 70.9 Å². The van der Waals surface area contributed by atoms with Gasteiger partial charge in [-0.25, -0.2) is 19.3 Å². The number of benzene rings is 2. The van der Waals surface area contributed by atoms with Gasteiger partial charge in [0.25, 0.3) is 0 Å². The molecule has 1 heterocycles. The minimum Gasteiger partial charge on any atom is -0.481 e. The molecule has 26 heteroatoms. The zero-order valence-electron chi connectivity index (χ0n) is 46.4. The predicted octanol–water partition coefficient (Wildman–Crippen LogP) is 3.27. The van der Waals surface area contributed by atoms with Crippen molar-refractivity contribution in [1.29, 1.82) is 0 Å². The van der Waals surface area contributed by atoms with Crippen LogP contribution in [0.15, 0.2) is 54.6 Å². The van der Waals surface area contributed by atoms with Gasteiger partial charge < -0.3 is 62.2 Å². The van der Waals surface area contributed by atoms with Crippen LogP contribution in [-0.2, 0) is 51.3 Å². The molecule has 1 fully saturated rings. The molecule has 1 saturated heterocycles. The van der Waals surface area contributed by atoms with Gasteiger partial charge in [-0.05, 0) is 94.0 Å². The SMILES string of the molecule is CCN1CCN(O)C[C@H](Cc2ccc(NC(=S)CCCCCCC(=O)N[C@@H](CCC(=O)O)C(=O)C[C@@H](Cc3ccccc3)C(=O)NCCCC[C@H](NC(=O)N[C@@H](CCC(=O)O)C(=O)O)C(=O)O)cc2)N(CO)CCN(CCOO)CC1. The molecule has 4 amide bonds. The van der Waals surface area contributed by atoms with Gasteiger partial charge in [-0.15, -0.1) is 0 Å². The Morgan fingerprint density at radius 3 is 1.90 bits per heavy atom. The molecule has 452 valence electrons. The Labute approximate surface area is 478 Å². The molecule has 2 aromatic rings. The number of carboxylic acid groups (broad SMARTS) is 4. The monoisotopic (exact) mass is 1160 g/mol. The maximum atomic E-state index is 13.8. The van der Waals surface area contributed by atoms with Crippen molar-refractivity contribution >= 4 is 70.4 Å². The second-order valence-corrected chi connectivity index (χ2v) is 20.7. The molecule has 25 nitrogen and oxygen atoms in total. The van der Waals surface area contributed by atoms with E-state index in [2.05, 4.69) is 48.2 Å². The number of unbranched alkanes of at least 4 members (excludes halogenated alkanes) is 4. The summed E-state index contributed by atoms with van der Waals surface area (Å²) in [6.07, 6.45) is 2.59. The van der Waals surface area contributed by atoms with Crippen molar-refractivity contribution in [2.45, 2.75) is 134 Å². The van der Waals surface area contributed by atoms with Gasteiger partial charge in [0.05, 0.1) is 24.4 Å². The molecule has 0 saturated carbocycles. The van der Waals surface area contributed by atoms with Crippen molar-refractivity contribution in [2.24, 2.45) is 5.92 Å². The molecule has 1 aliphatic rings. The Morgan fingerprint density at radius 1 is 0.679 bits per heavy atom. The Kier molecular flexibility index (Phi) is 33.5. The Hall–Kier alpha value is -6.23. The van der Waals surface area contributed by atoms with Crippen LogP contribution in [0.2, 0.25) is 0 Å². The van der Waals surface area contributed by atoms with E-state index in [4.69, 9.17) is 22.6 Å². The normalized spacial score (nSPS) is 16.5. The van der Waals surface area contributed by atoms with E-state index < -0.39 is 90.8 Å². The number of aliphatic hydroxyl groups excluding tert-OH is 1. The summed E-state index contributed by atoms with van der Waals surface area (Å²) >= 11 is 5.64. The van der Waals surface area contributed by atoms with Gasteiger partial charge in [-0.3, -0.25) is 39.0 Å². The Bertz CT molecular complexity index is 2270. The third kappa shape index (κ3) is 29.4. The van der Waals surface area contributed by atoms with E-state index in [1.54, 1.807) is 30.3 Å². The van der Waals surface area contributed by atoms with Gasteiger partial charge in [-0.1, -0.05) is 74.4 Å². The van der Waals surface area contributed by atoms with Crippen molar-refractivity contribution in [2.75, 3.05) is 84.1 Å². The van der Waals surface area contributed by atoms with Crippen LogP contribution >= 0.6 is 12.2 Å². The molecule has 2 aromatic carbocycles. The first-order chi connectivity index (χ1) is 38.8. The number of hydroxylamine groups is 2. The van der Waals surface area contributed by atoms with Gasteiger partial charge in [0, 0.05) is 102 Å². The molecule has 0 radical (unpaired) electrons. The molecule has 0 spiro atoms. The molecule has 3 rings (SSSR count). The quantitative estimate of drug-likeness (QED) is 0.0200. The summed E-state index contributed by atoms with van der Waals surface area (Å²) in [6, 6.07) is 11.3. The highest BCUT2D eigenvalue weighted by molar-refractivity contribution is 7.80. The van der Waals surface area contributed by atoms with Gasteiger partial charge in [0.1, 0.15) is 12.1 Å². The third-order valence-electron chi connectivity index (χ3n) is 14.0. The molecule has 0 aromatic heterocycles. The largest absolute Gasteiger partial charge is 0.481 e. The number of hydrogen-bond acceptors (Lipinski definition) is 17. The van der Waals surface area contributed by atoms with Crippen LogP contribution in [0.4, 0.5) is 10.5 Å². The Balaban J connectivity index is 1.48. The maximum Gasteiger partial charge on any atom is 0.326 e. The number of likely N-dealkylation sites (N-methyl/N-ethyl adjacent to an activating group) is 1. The van der Waals surface area contributed by atoms with E-state index in [1.165, 1.54) is 5.06 Å². The van der Waals surface area contributed by atoms with Crippen LogP contribution in [0.3, 0.4) is 0 Å². The van der Waals surface area contributed by atoms with Crippen molar-refractivity contribution < 1.29 is 79.2 Å². The number of amides is 4. The smallest absolute Gasteiger partial charge is 0.326 e. The first-order valence-corrected chi connectivity index (χ1v) is 28.2. The summed E-state index contributed by atoms with van der Waals surface area (Å²) in [4.78, 5) is 110. The van der Waals surface area contributed by atoms with Crippen molar-refractivity contribution in [1.82, 2.24) is 41.0 Å². The first kappa shape index (κ1) is 69.0. The summed E-state index contributed by atoms with van der Waals surface area (Å²) in [6.45, 7) is 7.74. The number of aliphatic hydroxyl groups is 1. The second-order valence-electron chi connectivity index (χ2n) is 20.2. The number of hydrogen-bond donors (Lipinski definition) is 12. The number of thiocarbonyl (C=S) groups is 1. The van der Waals surface area contributed by atoms with Crippen molar-refractivity contribution in [3.05, 3.63) is 65.7 Å². The van der Waals surface area contributed by atoms with Gasteiger partial charge >= 0.3 is 29.9 Å². The number of ketones is 1. The number of carboxylic acids is 4. The summed E-state index contributed by atoms with van der Waals surface area (Å²) in [5.41, 5.74) is 2.58. The van der Waals surface area contributed by atoms with E-state index >= 15 is 0 Å². The highest BCUT2D eigenvalue weighted by Crippen LogP contribution is 2.19. The lowest BCUT2D eigenvalue weighted by molar-refractivity contribution is -0.244. The molecule has 1 aliphatic heterocycles. The minimum atomic E-state index is -1.56. The number of anilines is 1. The highest BCUT2D eigenvalue weighted by Gasteiger charge is 2.30. The number of rotatable bonds is 37. The summed E-state index contributed by atoms with van der Waals surface area (Å²) < 4.78 is 0. The topological polar surface area (TPSA) is 361 Å². The summed E-state index contributed by atoms with van der Waals surface area (Å²) in [7, 11) is 0. The van der Waals surface area contributed by atoms with Crippen LogP contribution < -0.4 is 26.6 Å². The number of nitrogens with zero attached hydrogens (tertiary/aromatic N) is 4. The van der Waals surface area contributed by atoms with E-state index in [0.717, 1.165) is 49.3 Å². The number of carbonyl (C=O) groups is 8. The van der Waals surface area contributed by atoms with Crippen molar-refractivity contribution in [3.8, 4) is 0 Å². The van der Waals surface area contributed by atoms with Crippen molar-refractivity contribution in [3.63, 3.8) is 0 Å². The lowest BCUT2D eigenvalue weighted by Crippen LogP contribution is -2.51. The average Bonchev–Trinajstić information content (AvgIpc) is 3.42. The van der Waals surface area contributed by atoms with E-state index in [9.17, 15) is 64.0 Å². The molecule has 0 aliphatic carbocycles. The number of urea groups is 1. The zero-order chi connectivity index (χ0) is 59.5. The van der Waals surface area contributed by atoms with E-state index in [1.807, 2.05) is 29.2 Å². The van der Waals surface area contributed by atoms with Crippen LogP contribution in [0.5, 0.6) is 0 Å². The molecule has 0 bridgehead atoms. The third-order valence-corrected chi connectivity index (χ3v) is 14.3. The lowest BCUT2D eigenvalue weighted by Gasteiger charge is -2.36. The average molecular weight is 1160 g/mol. The molecule has 12 N–H and O–H groups in total. The van der Waals surface area contributed by atoms with Gasteiger partial charge in [0.15, 0.2) is 5.78 Å². The molecular weight excluding hydrogens is 1070 g/mol. The second kappa shape index (κ2) is 39.2. The fourth-order valence-corrected chi connectivity index (χ4v) is 9.52. The maximum absolute atomic E-state index is 13.8. The summed E-state index contributed by atoms with van der Waals surface area (Å²) in [5.74, 6) is -7.69. The molecule has 5 atom stereocenters. The predicted molar refractivity (Wildman–Crippen MR) is 302 cm³/mol.